The Kier molecular flexibility index (Phi) is 5.97. The summed E-state index contributed by atoms with van der Waals surface area (Å²) in [6.07, 6.45) is 4.06. The van der Waals surface area contributed by atoms with Crippen molar-refractivity contribution in [3.63, 3.8) is 0 Å². The van der Waals surface area contributed by atoms with E-state index in [9.17, 15) is 5.11 Å². The van der Waals surface area contributed by atoms with E-state index in [1.165, 1.54) is 6.42 Å². The van der Waals surface area contributed by atoms with Crippen LogP contribution in [-0.4, -0.2) is 42.4 Å². The maximum absolute atomic E-state index is 10.0. The summed E-state index contributed by atoms with van der Waals surface area (Å²) >= 11 is 11.9. The van der Waals surface area contributed by atoms with E-state index in [1.807, 2.05) is 7.05 Å². The molecule has 0 heterocycles. The van der Waals surface area contributed by atoms with E-state index in [4.69, 9.17) is 27.9 Å². The van der Waals surface area contributed by atoms with Gasteiger partial charge in [-0.1, -0.05) is 36.0 Å². The third-order valence-corrected chi connectivity index (χ3v) is 4.39. The maximum Gasteiger partial charge on any atom is 0.138 e. The monoisotopic (exact) mass is 317 g/mol. The van der Waals surface area contributed by atoms with Gasteiger partial charge in [0, 0.05) is 17.6 Å². The summed E-state index contributed by atoms with van der Waals surface area (Å²) in [7, 11) is 2.03. The smallest absolute Gasteiger partial charge is 0.138 e. The van der Waals surface area contributed by atoms with Crippen molar-refractivity contribution in [2.75, 3.05) is 20.2 Å². The van der Waals surface area contributed by atoms with Crippen molar-refractivity contribution in [2.24, 2.45) is 0 Å². The summed E-state index contributed by atoms with van der Waals surface area (Å²) in [5.41, 5.74) is 0. The van der Waals surface area contributed by atoms with E-state index in [-0.39, 0.29) is 12.1 Å². The standard InChI is InChI=1S/C15H21Cl2NO2/c1-18(13-4-2-3-5-14(13)19)8-9-20-15-7-6-11(16)10-12(15)17/h6-7,10,13-14,19H,2-5,8-9H2,1H3. The van der Waals surface area contributed by atoms with E-state index >= 15 is 0 Å². The summed E-state index contributed by atoms with van der Waals surface area (Å²) < 4.78 is 5.67. The number of hydrogen-bond donors (Lipinski definition) is 1. The van der Waals surface area contributed by atoms with Gasteiger partial charge in [-0.3, -0.25) is 4.90 Å². The maximum atomic E-state index is 10.0. The molecule has 2 atom stereocenters. The second kappa shape index (κ2) is 7.51. The van der Waals surface area contributed by atoms with Crippen molar-refractivity contribution >= 4 is 23.2 Å². The van der Waals surface area contributed by atoms with Crippen molar-refractivity contribution in [3.05, 3.63) is 28.2 Å². The van der Waals surface area contributed by atoms with Crippen molar-refractivity contribution in [1.29, 1.82) is 0 Å². The third-order valence-electron chi connectivity index (χ3n) is 3.86. The molecule has 0 spiro atoms. The number of ether oxygens (including phenoxy) is 1. The van der Waals surface area contributed by atoms with E-state index in [2.05, 4.69) is 4.90 Å². The highest BCUT2D eigenvalue weighted by molar-refractivity contribution is 6.35. The van der Waals surface area contributed by atoms with Crippen molar-refractivity contribution in [2.45, 2.75) is 37.8 Å². The third kappa shape index (κ3) is 4.26. The SMILES string of the molecule is CN(CCOc1ccc(Cl)cc1Cl)C1CCCCC1O. The highest BCUT2D eigenvalue weighted by Gasteiger charge is 2.26. The summed E-state index contributed by atoms with van der Waals surface area (Å²) in [4.78, 5) is 2.17. The molecule has 1 N–H and O–H groups in total. The fourth-order valence-corrected chi connectivity index (χ4v) is 3.13. The molecule has 5 heteroatoms. The molecule has 0 aliphatic heterocycles. The average molecular weight is 318 g/mol. The Balaban J connectivity index is 1.80. The lowest BCUT2D eigenvalue weighted by Crippen LogP contribution is -2.44. The van der Waals surface area contributed by atoms with Gasteiger partial charge in [-0.05, 0) is 38.1 Å². The zero-order valence-corrected chi connectivity index (χ0v) is 13.2. The van der Waals surface area contributed by atoms with Crippen molar-refractivity contribution < 1.29 is 9.84 Å². The van der Waals surface area contributed by atoms with Crippen LogP contribution >= 0.6 is 23.2 Å². The summed E-state index contributed by atoms with van der Waals surface area (Å²) in [6, 6.07) is 5.46. The highest BCUT2D eigenvalue weighted by Crippen LogP contribution is 2.27. The average Bonchev–Trinajstić information content (AvgIpc) is 2.41. The Hall–Kier alpha value is -0.480. The first-order chi connectivity index (χ1) is 9.58. The first-order valence-corrected chi connectivity index (χ1v) is 7.79. The molecule has 1 aromatic carbocycles. The second-order valence-corrected chi connectivity index (χ2v) is 6.17. The molecule has 1 fully saturated rings. The number of halogens is 2. The first-order valence-electron chi connectivity index (χ1n) is 7.04. The fraction of sp³-hybridized carbons (Fsp3) is 0.600. The Morgan fingerprint density at radius 3 is 2.75 bits per heavy atom. The van der Waals surface area contributed by atoms with Crippen LogP contribution in [0.5, 0.6) is 5.75 Å². The normalized spacial score (nSPS) is 23.1. The van der Waals surface area contributed by atoms with Crippen LogP contribution < -0.4 is 4.74 Å². The molecule has 3 nitrogen and oxygen atoms in total. The molecular weight excluding hydrogens is 297 g/mol. The molecule has 20 heavy (non-hydrogen) atoms. The van der Waals surface area contributed by atoms with E-state index < -0.39 is 0 Å². The molecule has 0 saturated heterocycles. The minimum atomic E-state index is -0.215. The molecule has 0 amide bonds. The summed E-state index contributed by atoms with van der Waals surface area (Å²) in [6.45, 7) is 1.31. The van der Waals surface area contributed by atoms with Gasteiger partial charge in [-0.25, -0.2) is 0 Å². The fourth-order valence-electron chi connectivity index (χ4n) is 2.66. The van der Waals surface area contributed by atoms with E-state index in [0.29, 0.717) is 22.4 Å². The van der Waals surface area contributed by atoms with Crippen LogP contribution in [0.4, 0.5) is 0 Å². The lowest BCUT2D eigenvalue weighted by molar-refractivity contribution is 0.0272. The lowest BCUT2D eigenvalue weighted by atomic mass is 9.92. The Bertz CT molecular complexity index is 442. The van der Waals surface area contributed by atoms with Crippen molar-refractivity contribution in [3.8, 4) is 5.75 Å². The summed E-state index contributed by atoms with van der Waals surface area (Å²) in [5, 5.41) is 11.1. The minimum absolute atomic E-state index is 0.215. The zero-order chi connectivity index (χ0) is 14.5. The van der Waals surface area contributed by atoms with Crippen LogP contribution in [0.2, 0.25) is 10.0 Å². The van der Waals surface area contributed by atoms with Crippen LogP contribution in [0.1, 0.15) is 25.7 Å². The van der Waals surface area contributed by atoms with Crippen LogP contribution in [0, 0.1) is 0 Å². The van der Waals surface area contributed by atoms with Gasteiger partial charge in [-0.2, -0.15) is 0 Å². The van der Waals surface area contributed by atoms with Gasteiger partial charge in [-0.15, -0.1) is 0 Å². The van der Waals surface area contributed by atoms with E-state index in [1.54, 1.807) is 18.2 Å². The van der Waals surface area contributed by atoms with Crippen LogP contribution in [0.15, 0.2) is 18.2 Å². The number of aliphatic hydroxyl groups excluding tert-OH is 1. The zero-order valence-electron chi connectivity index (χ0n) is 11.7. The molecule has 0 aromatic heterocycles. The van der Waals surface area contributed by atoms with Crippen LogP contribution in [-0.2, 0) is 0 Å². The van der Waals surface area contributed by atoms with Gasteiger partial charge in [0.2, 0.25) is 0 Å². The molecule has 1 aromatic rings. The lowest BCUT2D eigenvalue weighted by Gasteiger charge is -2.35. The van der Waals surface area contributed by atoms with Crippen molar-refractivity contribution in [1.82, 2.24) is 4.90 Å². The summed E-state index contributed by atoms with van der Waals surface area (Å²) in [5.74, 6) is 0.647. The first kappa shape index (κ1) is 15.9. The molecular formula is C15H21Cl2NO2. The molecule has 112 valence electrons. The number of likely N-dealkylation sites (N-methyl/N-ethyl adjacent to an activating group) is 1. The van der Waals surface area contributed by atoms with Gasteiger partial charge in [0.1, 0.15) is 12.4 Å². The number of rotatable bonds is 5. The predicted octanol–water partition coefficient (Wildman–Crippen LogP) is 3.61. The van der Waals surface area contributed by atoms with Crippen LogP contribution in [0.25, 0.3) is 0 Å². The topological polar surface area (TPSA) is 32.7 Å². The van der Waals surface area contributed by atoms with Gasteiger partial charge in [0.05, 0.1) is 11.1 Å². The van der Waals surface area contributed by atoms with Gasteiger partial charge >= 0.3 is 0 Å². The second-order valence-electron chi connectivity index (χ2n) is 5.32. The van der Waals surface area contributed by atoms with Gasteiger partial charge in [0.15, 0.2) is 0 Å². The number of aliphatic hydroxyl groups is 1. The largest absolute Gasteiger partial charge is 0.491 e. The number of benzene rings is 1. The molecule has 1 saturated carbocycles. The Morgan fingerprint density at radius 1 is 1.30 bits per heavy atom. The Labute approximate surface area is 130 Å². The number of nitrogens with zero attached hydrogens (tertiary/aromatic N) is 1. The molecule has 1 aliphatic rings. The quantitative estimate of drug-likeness (QED) is 0.900. The molecule has 1 aliphatic carbocycles. The molecule has 2 rings (SSSR count). The predicted molar refractivity (Wildman–Crippen MR) is 82.8 cm³/mol. The van der Waals surface area contributed by atoms with Crippen LogP contribution in [0.3, 0.4) is 0 Å². The van der Waals surface area contributed by atoms with Gasteiger partial charge < -0.3 is 9.84 Å². The number of hydrogen-bond acceptors (Lipinski definition) is 3. The minimum Gasteiger partial charge on any atom is -0.491 e. The highest BCUT2D eigenvalue weighted by atomic mass is 35.5. The Morgan fingerprint density at radius 2 is 2.05 bits per heavy atom. The molecule has 0 bridgehead atoms. The molecule has 0 radical (unpaired) electrons. The van der Waals surface area contributed by atoms with Gasteiger partial charge in [0.25, 0.3) is 0 Å². The molecule has 2 unspecified atom stereocenters. The van der Waals surface area contributed by atoms with E-state index in [0.717, 1.165) is 25.8 Å².